The zero-order valence-electron chi connectivity index (χ0n) is 7.40. The molecular formula is C8H9BrN2O3. The molecule has 0 fully saturated rings. The normalized spacial score (nSPS) is 12.5. The average Bonchev–Trinajstić information content (AvgIpc) is 2.08. The number of non-ortho nitro benzene ring substituents is 1. The van der Waals surface area contributed by atoms with Crippen LogP contribution < -0.4 is 5.73 Å². The largest absolute Gasteiger partial charge is 0.506 e. The first-order valence-electron chi connectivity index (χ1n) is 3.86. The number of aromatic hydroxyl groups is 1. The van der Waals surface area contributed by atoms with E-state index in [1.807, 2.05) is 0 Å². The van der Waals surface area contributed by atoms with Crippen LogP contribution in [0.2, 0.25) is 0 Å². The Balaban J connectivity index is 3.35. The number of halogens is 1. The summed E-state index contributed by atoms with van der Waals surface area (Å²) in [5.41, 5.74) is 5.81. The number of benzene rings is 1. The number of hydrogen-bond donors (Lipinski definition) is 2. The lowest BCUT2D eigenvalue weighted by Crippen LogP contribution is -2.06. The highest BCUT2D eigenvalue weighted by molar-refractivity contribution is 9.10. The van der Waals surface area contributed by atoms with Gasteiger partial charge in [-0.2, -0.15) is 0 Å². The van der Waals surface area contributed by atoms with Gasteiger partial charge in [0.05, 0.1) is 9.40 Å². The first kappa shape index (κ1) is 10.9. The van der Waals surface area contributed by atoms with E-state index >= 15 is 0 Å². The Morgan fingerprint density at radius 2 is 2.21 bits per heavy atom. The van der Waals surface area contributed by atoms with Crippen molar-refractivity contribution in [2.75, 3.05) is 0 Å². The molecule has 0 aliphatic carbocycles. The molecule has 76 valence electrons. The zero-order valence-corrected chi connectivity index (χ0v) is 8.98. The third-order valence-electron chi connectivity index (χ3n) is 1.78. The van der Waals surface area contributed by atoms with Crippen LogP contribution in [0, 0.1) is 10.1 Å². The lowest BCUT2D eigenvalue weighted by atomic mass is 10.1. The van der Waals surface area contributed by atoms with Crippen LogP contribution in [-0.2, 0) is 0 Å². The molecule has 0 saturated heterocycles. The summed E-state index contributed by atoms with van der Waals surface area (Å²) in [6.45, 7) is 1.64. The van der Waals surface area contributed by atoms with Crippen LogP contribution >= 0.6 is 15.9 Å². The summed E-state index contributed by atoms with van der Waals surface area (Å²) in [5.74, 6) is -0.0504. The van der Waals surface area contributed by atoms with Crippen molar-refractivity contribution in [2.45, 2.75) is 13.0 Å². The predicted octanol–water partition coefficient (Wildman–Crippen LogP) is 2.08. The SMILES string of the molecule is C[C@H](N)c1cc([N+](=O)[O-])cc(Br)c1O. The van der Waals surface area contributed by atoms with Gasteiger partial charge in [-0.3, -0.25) is 10.1 Å². The highest BCUT2D eigenvalue weighted by Crippen LogP contribution is 2.34. The molecule has 0 amide bonds. The highest BCUT2D eigenvalue weighted by Gasteiger charge is 2.16. The number of hydrogen-bond acceptors (Lipinski definition) is 4. The molecule has 0 spiro atoms. The smallest absolute Gasteiger partial charge is 0.271 e. The quantitative estimate of drug-likeness (QED) is 0.630. The lowest BCUT2D eigenvalue weighted by molar-refractivity contribution is -0.385. The molecule has 1 aromatic rings. The molecule has 14 heavy (non-hydrogen) atoms. The minimum Gasteiger partial charge on any atom is -0.506 e. The summed E-state index contributed by atoms with van der Waals surface area (Å²) in [6, 6.07) is 2.05. The van der Waals surface area contributed by atoms with E-state index < -0.39 is 11.0 Å². The van der Waals surface area contributed by atoms with Gasteiger partial charge in [-0.15, -0.1) is 0 Å². The molecule has 0 unspecified atom stereocenters. The first-order chi connectivity index (χ1) is 6.43. The molecule has 3 N–H and O–H groups in total. The fraction of sp³-hybridized carbons (Fsp3) is 0.250. The maximum absolute atomic E-state index is 10.5. The minimum atomic E-state index is -0.532. The molecule has 6 heteroatoms. The van der Waals surface area contributed by atoms with Gasteiger partial charge in [0, 0.05) is 23.7 Å². The molecule has 0 aliphatic rings. The number of nitro benzene ring substituents is 1. The third-order valence-corrected chi connectivity index (χ3v) is 2.38. The number of nitro groups is 1. The Kier molecular flexibility index (Phi) is 3.07. The summed E-state index contributed by atoms with van der Waals surface area (Å²) < 4.78 is 0.277. The van der Waals surface area contributed by atoms with Crippen LogP contribution in [0.25, 0.3) is 0 Å². The molecule has 0 aliphatic heterocycles. The monoisotopic (exact) mass is 260 g/mol. The van der Waals surface area contributed by atoms with Crippen molar-refractivity contribution in [3.8, 4) is 5.75 Å². The van der Waals surface area contributed by atoms with E-state index in [2.05, 4.69) is 15.9 Å². The highest BCUT2D eigenvalue weighted by atomic mass is 79.9. The van der Waals surface area contributed by atoms with Crippen molar-refractivity contribution >= 4 is 21.6 Å². The second-order valence-corrected chi connectivity index (χ2v) is 3.77. The van der Waals surface area contributed by atoms with Crippen LogP contribution in [0.4, 0.5) is 5.69 Å². The van der Waals surface area contributed by atoms with Gasteiger partial charge in [-0.25, -0.2) is 0 Å². The van der Waals surface area contributed by atoms with Gasteiger partial charge in [-0.05, 0) is 22.9 Å². The standard InChI is InChI=1S/C8H9BrN2O3/c1-4(10)6-2-5(11(13)14)3-7(9)8(6)12/h2-4,12H,10H2,1H3/t4-/m0/s1. The fourth-order valence-corrected chi connectivity index (χ4v) is 1.52. The Labute approximate surface area is 88.8 Å². The number of nitrogens with zero attached hydrogens (tertiary/aromatic N) is 1. The van der Waals surface area contributed by atoms with Gasteiger partial charge in [0.1, 0.15) is 5.75 Å². The van der Waals surface area contributed by atoms with Gasteiger partial charge < -0.3 is 10.8 Å². The van der Waals surface area contributed by atoms with E-state index in [9.17, 15) is 15.2 Å². The van der Waals surface area contributed by atoms with E-state index in [0.717, 1.165) is 0 Å². The van der Waals surface area contributed by atoms with Crippen molar-refractivity contribution in [2.24, 2.45) is 5.73 Å². The van der Waals surface area contributed by atoms with Crippen molar-refractivity contribution in [1.82, 2.24) is 0 Å². The van der Waals surface area contributed by atoms with Crippen molar-refractivity contribution in [3.63, 3.8) is 0 Å². The van der Waals surface area contributed by atoms with Crippen LogP contribution in [0.15, 0.2) is 16.6 Å². The van der Waals surface area contributed by atoms with E-state index in [1.165, 1.54) is 12.1 Å². The Hall–Kier alpha value is -1.14. The van der Waals surface area contributed by atoms with E-state index in [4.69, 9.17) is 5.73 Å². The van der Waals surface area contributed by atoms with Gasteiger partial charge in [0.2, 0.25) is 0 Å². The summed E-state index contributed by atoms with van der Waals surface area (Å²) in [5, 5.41) is 20.0. The molecule has 0 saturated carbocycles. The molecule has 0 radical (unpaired) electrons. The average molecular weight is 261 g/mol. The van der Waals surface area contributed by atoms with Crippen molar-refractivity contribution in [1.29, 1.82) is 0 Å². The molecule has 5 nitrogen and oxygen atoms in total. The van der Waals surface area contributed by atoms with Crippen molar-refractivity contribution < 1.29 is 10.0 Å². The number of phenolic OH excluding ortho intramolecular Hbond substituents is 1. The molecule has 0 aromatic heterocycles. The van der Waals surface area contributed by atoms with Gasteiger partial charge in [0.25, 0.3) is 5.69 Å². The molecule has 1 rings (SSSR count). The molecule has 0 bridgehead atoms. The van der Waals surface area contributed by atoms with Crippen LogP contribution in [-0.4, -0.2) is 10.0 Å². The fourth-order valence-electron chi connectivity index (χ4n) is 1.06. The summed E-state index contributed by atoms with van der Waals surface area (Å²) >= 11 is 3.02. The minimum absolute atomic E-state index is 0.0504. The van der Waals surface area contributed by atoms with Crippen LogP contribution in [0.3, 0.4) is 0 Å². The molecule has 0 heterocycles. The maximum atomic E-state index is 10.5. The maximum Gasteiger partial charge on any atom is 0.271 e. The molecular weight excluding hydrogens is 252 g/mol. The van der Waals surface area contributed by atoms with E-state index in [-0.39, 0.29) is 15.9 Å². The third kappa shape index (κ3) is 2.02. The number of rotatable bonds is 2. The van der Waals surface area contributed by atoms with E-state index in [0.29, 0.717) is 5.56 Å². The number of phenols is 1. The molecule has 1 atom stereocenters. The van der Waals surface area contributed by atoms with Crippen molar-refractivity contribution in [3.05, 3.63) is 32.3 Å². The number of nitrogens with two attached hydrogens (primary N) is 1. The predicted molar refractivity (Wildman–Crippen MR) is 55.1 cm³/mol. The summed E-state index contributed by atoms with van der Waals surface area (Å²) in [4.78, 5) is 9.97. The van der Waals surface area contributed by atoms with E-state index in [1.54, 1.807) is 6.92 Å². The second-order valence-electron chi connectivity index (χ2n) is 2.91. The van der Waals surface area contributed by atoms with Gasteiger partial charge in [-0.1, -0.05) is 0 Å². The van der Waals surface area contributed by atoms with Crippen LogP contribution in [0.1, 0.15) is 18.5 Å². The summed E-state index contributed by atoms with van der Waals surface area (Å²) in [6.07, 6.45) is 0. The summed E-state index contributed by atoms with van der Waals surface area (Å²) in [7, 11) is 0. The van der Waals surface area contributed by atoms with Crippen LogP contribution in [0.5, 0.6) is 5.75 Å². The van der Waals surface area contributed by atoms with Gasteiger partial charge >= 0.3 is 0 Å². The topological polar surface area (TPSA) is 89.4 Å². The molecule has 1 aromatic carbocycles. The lowest BCUT2D eigenvalue weighted by Gasteiger charge is -2.09. The Morgan fingerprint density at radius 1 is 1.64 bits per heavy atom. The first-order valence-corrected chi connectivity index (χ1v) is 4.65. The van der Waals surface area contributed by atoms with Gasteiger partial charge in [0.15, 0.2) is 0 Å². The Morgan fingerprint density at radius 3 is 2.64 bits per heavy atom. The second kappa shape index (κ2) is 3.93. The zero-order chi connectivity index (χ0) is 10.9. The Bertz CT molecular complexity index is 379.